The molecule has 0 aromatic heterocycles. The minimum Gasteiger partial charge on any atom is -0.467 e. The molecule has 1 aliphatic heterocycles. The summed E-state index contributed by atoms with van der Waals surface area (Å²) in [5, 5.41) is 9.61. The van der Waals surface area contributed by atoms with Crippen LogP contribution in [0.15, 0.2) is 0 Å². The molecular formula is C10H19NO3. The molecule has 4 nitrogen and oxygen atoms in total. The average Bonchev–Trinajstić information content (AvgIpc) is 2.27. The van der Waals surface area contributed by atoms with Gasteiger partial charge in [0.05, 0.1) is 7.11 Å². The van der Waals surface area contributed by atoms with Gasteiger partial charge in [0.15, 0.2) is 6.10 Å². The van der Waals surface area contributed by atoms with Crippen molar-refractivity contribution in [2.75, 3.05) is 26.7 Å². The van der Waals surface area contributed by atoms with E-state index < -0.39 is 12.1 Å². The van der Waals surface area contributed by atoms with Crippen molar-refractivity contribution in [2.45, 2.75) is 25.9 Å². The molecule has 0 radical (unpaired) electrons. The standard InChI is InChI=1S/C10H19NO3/c1-3-11-6-4-8(5-7-11)9(12)10(13)14-2/h8-9,12H,3-7H2,1-2H3. The van der Waals surface area contributed by atoms with Crippen LogP contribution in [0.25, 0.3) is 0 Å². The van der Waals surface area contributed by atoms with Gasteiger partial charge in [0.2, 0.25) is 0 Å². The maximum absolute atomic E-state index is 11.1. The lowest BCUT2D eigenvalue weighted by Crippen LogP contribution is -2.40. The zero-order valence-electron chi connectivity index (χ0n) is 8.90. The Balaban J connectivity index is 2.37. The van der Waals surface area contributed by atoms with Gasteiger partial charge in [0.25, 0.3) is 0 Å². The number of hydrogen-bond donors (Lipinski definition) is 1. The summed E-state index contributed by atoms with van der Waals surface area (Å²) in [5.74, 6) is -0.426. The number of ether oxygens (including phenoxy) is 1. The Bertz CT molecular complexity index is 188. The Labute approximate surface area is 84.8 Å². The second-order valence-electron chi connectivity index (χ2n) is 3.74. The topological polar surface area (TPSA) is 49.8 Å². The lowest BCUT2D eigenvalue weighted by molar-refractivity contribution is -0.154. The third kappa shape index (κ3) is 2.69. The minimum absolute atomic E-state index is 0.0743. The van der Waals surface area contributed by atoms with Gasteiger partial charge < -0.3 is 14.7 Å². The molecule has 1 unspecified atom stereocenters. The van der Waals surface area contributed by atoms with Crippen LogP contribution >= 0.6 is 0 Å². The molecule has 4 heteroatoms. The first kappa shape index (κ1) is 11.5. The van der Waals surface area contributed by atoms with Gasteiger partial charge in [-0.3, -0.25) is 0 Å². The van der Waals surface area contributed by atoms with Crippen molar-refractivity contribution in [3.63, 3.8) is 0 Å². The second-order valence-corrected chi connectivity index (χ2v) is 3.74. The minimum atomic E-state index is -0.931. The van der Waals surface area contributed by atoms with E-state index in [1.165, 1.54) is 7.11 Å². The number of likely N-dealkylation sites (tertiary alicyclic amines) is 1. The van der Waals surface area contributed by atoms with E-state index in [9.17, 15) is 9.90 Å². The van der Waals surface area contributed by atoms with Crippen molar-refractivity contribution in [2.24, 2.45) is 5.92 Å². The quantitative estimate of drug-likeness (QED) is 0.665. The summed E-state index contributed by atoms with van der Waals surface area (Å²) < 4.78 is 4.52. The lowest BCUT2D eigenvalue weighted by atomic mass is 9.91. The summed E-state index contributed by atoms with van der Waals surface area (Å²) in [6.07, 6.45) is 0.827. The highest BCUT2D eigenvalue weighted by Crippen LogP contribution is 2.21. The predicted octanol–water partition coefficient (Wildman–Crippen LogP) is 0.252. The molecule has 0 spiro atoms. The zero-order valence-corrected chi connectivity index (χ0v) is 8.90. The van der Waals surface area contributed by atoms with Crippen LogP contribution in [0.1, 0.15) is 19.8 Å². The van der Waals surface area contributed by atoms with E-state index in [-0.39, 0.29) is 5.92 Å². The van der Waals surface area contributed by atoms with Crippen LogP contribution in [0.2, 0.25) is 0 Å². The van der Waals surface area contributed by atoms with Gasteiger partial charge in [-0.25, -0.2) is 4.79 Å². The van der Waals surface area contributed by atoms with Crippen molar-refractivity contribution in [1.29, 1.82) is 0 Å². The number of aliphatic hydroxyl groups is 1. The molecule has 82 valence electrons. The highest BCUT2D eigenvalue weighted by molar-refractivity contribution is 5.74. The Morgan fingerprint density at radius 2 is 2.14 bits per heavy atom. The van der Waals surface area contributed by atoms with E-state index in [0.717, 1.165) is 32.5 Å². The average molecular weight is 201 g/mol. The summed E-state index contributed by atoms with van der Waals surface area (Å²) in [6, 6.07) is 0. The molecule has 1 saturated heterocycles. The Morgan fingerprint density at radius 1 is 1.57 bits per heavy atom. The highest BCUT2D eigenvalue weighted by Gasteiger charge is 2.29. The van der Waals surface area contributed by atoms with E-state index in [1.54, 1.807) is 0 Å². The number of aliphatic hydroxyl groups excluding tert-OH is 1. The van der Waals surface area contributed by atoms with Crippen molar-refractivity contribution < 1.29 is 14.6 Å². The van der Waals surface area contributed by atoms with Crippen LogP contribution in [0.3, 0.4) is 0 Å². The third-order valence-electron chi connectivity index (χ3n) is 2.97. The van der Waals surface area contributed by atoms with E-state index in [4.69, 9.17) is 0 Å². The fourth-order valence-electron chi connectivity index (χ4n) is 1.90. The van der Waals surface area contributed by atoms with Crippen molar-refractivity contribution in [3.8, 4) is 0 Å². The van der Waals surface area contributed by atoms with E-state index in [2.05, 4.69) is 16.6 Å². The smallest absolute Gasteiger partial charge is 0.334 e. The molecule has 1 fully saturated rings. The summed E-state index contributed by atoms with van der Waals surface area (Å²) >= 11 is 0. The van der Waals surface area contributed by atoms with Crippen LogP contribution < -0.4 is 0 Å². The first-order valence-corrected chi connectivity index (χ1v) is 5.17. The normalized spacial score (nSPS) is 21.9. The molecule has 0 bridgehead atoms. The summed E-state index contributed by atoms with van der Waals surface area (Å²) in [4.78, 5) is 13.4. The van der Waals surface area contributed by atoms with Gasteiger partial charge in [-0.15, -0.1) is 0 Å². The SMILES string of the molecule is CCN1CCC(C(O)C(=O)OC)CC1. The van der Waals surface area contributed by atoms with E-state index >= 15 is 0 Å². The number of hydrogen-bond acceptors (Lipinski definition) is 4. The Morgan fingerprint density at radius 3 is 2.57 bits per heavy atom. The fourth-order valence-corrected chi connectivity index (χ4v) is 1.90. The zero-order chi connectivity index (χ0) is 10.6. The molecule has 1 atom stereocenters. The summed E-state index contributed by atoms with van der Waals surface area (Å²) in [5.41, 5.74) is 0. The summed E-state index contributed by atoms with van der Waals surface area (Å²) in [6.45, 7) is 5.10. The summed E-state index contributed by atoms with van der Waals surface area (Å²) in [7, 11) is 1.31. The molecule has 1 aliphatic rings. The van der Waals surface area contributed by atoms with Crippen molar-refractivity contribution in [3.05, 3.63) is 0 Å². The van der Waals surface area contributed by atoms with Crippen LogP contribution in [-0.2, 0) is 9.53 Å². The number of rotatable bonds is 3. The van der Waals surface area contributed by atoms with Gasteiger partial charge in [0.1, 0.15) is 0 Å². The number of carbonyl (C=O) groups is 1. The number of piperidine rings is 1. The van der Waals surface area contributed by atoms with Crippen LogP contribution in [0, 0.1) is 5.92 Å². The van der Waals surface area contributed by atoms with Gasteiger partial charge >= 0.3 is 5.97 Å². The molecule has 14 heavy (non-hydrogen) atoms. The van der Waals surface area contributed by atoms with Crippen LogP contribution in [0.5, 0.6) is 0 Å². The monoisotopic (exact) mass is 201 g/mol. The molecular weight excluding hydrogens is 182 g/mol. The number of esters is 1. The van der Waals surface area contributed by atoms with Gasteiger partial charge in [-0.05, 0) is 38.4 Å². The molecule has 0 saturated carbocycles. The number of carbonyl (C=O) groups excluding carboxylic acids is 1. The molecule has 0 amide bonds. The molecule has 1 rings (SSSR count). The van der Waals surface area contributed by atoms with Crippen molar-refractivity contribution in [1.82, 2.24) is 4.90 Å². The predicted molar refractivity (Wildman–Crippen MR) is 52.9 cm³/mol. The van der Waals surface area contributed by atoms with Crippen LogP contribution in [0.4, 0.5) is 0 Å². The number of nitrogens with zero attached hydrogens (tertiary/aromatic N) is 1. The van der Waals surface area contributed by atoms with Crippen molar-refractivity contribution >= 4 is 5.97 Å². The fraction of sp³-hybridized carbons (Fsp3) is 0.900. The van der Waals surface area contributed by atoms with E-state index in [1.807, 2.05) is 0 Å². The Kier molecular flexibility index (Phi) is 4.35. The first-order chi connectivity index (χ1) is 6.69. The molecule has 1 heterocycles. The molecule has 0 aromatic rings. The molecule has 0 aromatic carbocycles. The first-order valence-electron chi connectivity index (χ1n) is 5.17. The maximum Gasteiger partial charge on any atom is 0.334 e. The Hall–Kier alpha value is -0.610. The van der Waals surface area contributed by atoms with Gasteiger partial charge in [-0.1, -0.05) is 6.92 Å². The van der Waals surface area contributed by atoms with E-state index in [0.29, 0.717) is 0 Å². The second kappa shape index (κ2) is 5.32. The highest BCUT2D eigenvalue weighted by atomic mass is 16.5. The number of methoxy groups -OCH3 is 1. The largest absolute Gasteiger partial charge is 0.467 e. The van der Waals surface area contributed by atoms with Gasteiger partial charge in [-0.2, -0.15) is 0 Å². The molecule has 1 N–H and O–H groups in total. The van der Waals surface area contributed by atoms with Crippen LogP contribution in [-0.4, -0.2) is 48.8 Å². The molecule has 0 aliphatic carbocycles. The maximum atomic E-state index is 11.1. The lowest BCUT2D eigenvalue weighted by Gasteiger charge is -2.32. The van der Waals surface area contributed by atoms with Gasteiger partial charge in [0, 0.05) is 0 Å². The third-order valence-corrected chi connectivity index (χ3v) is 2.97.